The quantitative estimate of drug-likeness (QED) is 0.663. The van der Waals surface area contributed by atoms with Crippen molar-refractivity contribution in [3.63, 3.8) is 0 Å². The minimum atomic E-state index is 0.156. The predicted octanol–water partition coefficient (Wildman–Crippen LogP) is 1.60. The van der Waals surface area contributed by atoms with E-state index in [9.17, 15) is 0 Å². The highest BCUT2D eigenvalue weighted by atomic mass is 15.1. The molecule has 0 atom stereocenters. The van der Waals surface area contributed by atoms with E-state index < -0.39 is 0 Å². The van der Waals surface area contributed by atoms with Crippen LogP contribution in [0.15, 0.2) is 18.3 Å². The van der Waals surface area contributed by atoms with Gasteiger partial charge < -0.3 is 16.5 Å². The van der Waals surface area contributed by atoms with Gasteiger partial charge in [-0.2, -0.15) is 9.97 Å². The highest BCUT2D eigenvalue weighted by Gasteiger charge is 2.24. The molecule has 1 saturated heterocycles. The molecule has 5 N–H and O–H groups in total. The van der Waals surface area contributed by atoms with E-state index in [1.165, 1.54) is 5.56 Å². The van der Waals surface area contributed by atoms with E-state index in [1.807, 2.05) is 12.3 Å². The number of nitrogens with two attached hydrogens (primary N) is 2. The van der Waals surface area contributed by atoms with Crippen molar-refractivity contribution in [3.8, 4) is 0 Å². The summed E-state index contributed by atoms with van der Waals surface area (Å²) < 4.78 is 0. The fourth-order valence-electron chi connectivity index (χ4n) is 3.41. The van der Waals surface area contributed by atoms with Crippen molar-refractivity contribution in [1.29, 1.82) is 0 Å². The van der Waals surface area contributed by atoms with Crippen LogP contribution in [0, 0.1) is 6.92 Å². The summed E-state index contributed by atoms with van der Waals surface area (Å²) in [5.41, 5.74) is 15.2. The molecule has 1 aliphatic rings. The third-order valence-electron chi connectivity index (χ3n) is 4.88. The van der Waals surface area contributed by atoms with Gasteiger partial charge in [-0.3, -0.25) is 9.88 Å². The molecule has 0 unspecified atom stereocenters. The molecule has 8 nitrogen and oxygen atoms in total. The van der Waals surface area contributed by atoms with Crippen molar-refractivity contribution in [2.24, 2.45) is 0 Å². The molecule has 0 aromatic carbocycles. The normalized spacial score (nSPS) is 16.5. The topological polar surface area (TPSA) is 123 Å². The van der Waals surface area contributed by atoms with Gasteiger partial charge in [0.15, 0.2) is 11.5 Å². The van der Waals surface area contributed by atoms with Crippen LogP contribution in [0.1, 0.15) is 35.8 Å². The number of nitrogens with zero attached hydrogens (tertiary/aromatic N) is 5. The van der Waals surface area contributed by atoms with Crippen LogP contribution in [0.5, 0.6) is 0 Å². The Morgan fingerprint density at radius 2 is 2.00 bits per heavy atom. The lowest BCUT2D eigenvalue weighted by Crippen LogP contribution is -2.33. The number of aromatic amines is 1. The van der Waals surface area contributed by atoms with Crippen molar-refractivity contribution in [1.82, 2.24) is 29.8 Å². The lowest BCUT2D eigenvalue weighted by molar-refractivity contribution is 0.199. The number of anilines is 2. The summed E-state index contributed by atoms with van der Waals surface area (Å²) in [6.45, 7) is 5.04. The number of rotatable bonds is 3. The second-order valence-electron chi connectivity index (χ2n) is 6.61. The summed E-state index contributed by atoms with van der Waals surface area (Å²) in [6, 6.07) is 4.09. The summed E-state index contributed by atoms with van der Waals surface area (Å²) in [6.07, 6.45) is 3.93. The van der Waals surface area contributed by atoms with Crippen molar-refractivity contribution >= 4 is 22.9 Å². The van der Waals surface area contributed by atoms with Crippen molar-refractivity contribution in [2.75, 3.05) is 24.6 Å². The molecule has 3 aromatic heterocycles. The van der Waals surface area contributed by atoms with Crippen LogP contribution in [0.3, 0.4) is 0 Å². The van der Waals surface area contributed by atoms with Crippen LogP contribution in [0.25, 0.3) is 11.2 Å². The second kappa shape index (κ2) is 6.29. The maximum atomic E-state index is 5.90. The Morgan fingerprint density at radius 3 is 2.76 bits per heavy atom. The van der Waals surface area contributed by atoms with Gasteiger partial charge in [0.1, 0.15) is 11.3 Å². The standard InChI is InChI=1S/C17H22N8/c1-10-3-2-6-20-12(10)9-25-7-4-11(5-8-25)15-21-13-14(18)22-17(19)24-16(13)23-15/h2-3,6,11H,4-5,7-9H2,1H3,(H5,18,19,21,22,23,24). The van der Waals surface area contributed by atoms with Crippen LogP contribution in [-0.4, -0.2) is 42.9 Å². The molecule has 1 fully saturated rings. The Kier molecular flexibility index (Phi) is 3.96. The minimum absolute atomic E-state index is 0.156. The van der Waals surface area contributed by atoms with Gasteiger partial charge in [-0.1, -0.05) is 6.07 Å². The first-order valence-corrected chi connectivity index (χ1v) is 8.51. The van der Waals surface area contributed by atoms with E-state index in [4.69, 9.17) is 11.5 Å². The number of hydrogen-bond donors (Lipinski definition) is 3. The second-order valence-corrected chi connectivity index (χ2v) is 6.61. The van der Waals surface area contributed by atoms with E-state index >= 15 is 0 Å². The molecule has 0 saturated carbocycles. The Morgan fingerprint density at radius 1 is 1.20 bits per heavy atom. The number of piperidine rings is 1. The Balaban J connectivity index is 1.45. The average Bonchev–Trinajstić information content (AvgIpc) is 3.02. The highest BCUT2D eigenvalue weighted by Crippen LogP contribution is 2.29. The van der Waals surface area contributed by atoms with Gasteiger partial charge in [0.05, 0.1) is 5.69 Å². The monoisotopic (exact) mass is 338 g/mol. The summed E-state index contributed by atoms with van der Waals surface area (Å²) in [5.74, 6) is 1.80. The van der Waals surface area contributed by atoms with E-state index in [0.717, 1.165) is 44.0 Å². The number of hydrogen-bond acceptors (Lipinski definition) is 7. The Labute approximate surface area is 145 Å². The van der Waals surface area contributed by atoms with Crippen LogP contribution in [-0.2, 0) is 6.54 Å². The molecule has 3 aromatic rings. The third kappa shape index (κ3) is 3.12. The zero-order valence-electron chi connectivity index (χ0n) is 14.2. The maximum Gasteiger partial charge on any atom is 0.224 e. The predicted molar refractivity (Wildman–Crippen MR) is 96.7 cm³/mol. The molecule has 8 heteroatoms. The number of likely N-dealkylation sites (tertiary alicyclic amines) is 1. The molecule has 0 amide bonds. The van der Waals surface area contributed by atoms with E-state index in [2.05, 4.69) is 42.8 Å². The molecular weight excluding hydrogens is 316 g/mol. The molecule has 0 bridgehead atoms. The largest absolute Gasteiger partial charge is 0.382 e. The first-order chi connectivity index (χ1) is 12.1. The first-order valence-electron chi connectivity index (χ1n) is 8.51. The van der Waals surface area contributed by atoms with Gasteiger partial charge in [-0.15, -0.1) is 0 Å². The number of imidazole rings is 1. The van der Waals surface area contributed by atoms with Crippen LogP contribution < -0.4 is 11.5 Å². The molecule has 130 valence electrons. The molecule has 0 aliphatic carbocycles. The number of nitrogens with one attached hydrogen (secondary N) is 1. The van der Waals surface area contributed by atoms with E-state index in [1.54, 1.807) is 0 Å². The molecule has 4 rings (SSSR count). The summed E-state index contributed by atoms with van der Waals surface area (Å²) in [5, 5.41) is 0. The number of aryl methyl sites for hydroxylation is 1. The average molecular weight is 338 g/mol. The third-order valence-corrected chi connectivity index (χ3v) is 4.88. The smallest absolute Gasteiger partial charge is 0.224 e. The lowest BCUT2D eigenvalue weighted by Gasteiger charge is -2.31. The first kappa shape index (κ1) is 15.8. The number of fused-ring (bicyclic) bond motifs is 1. The SMILES string of the molecule is Cc1cccnc1CN1CCC(c2nc3nc(N)nc(N)c3[nH]2)CC1. The zero-order chi connectivity index (χ0) is 17.4. The molecule has 4 heterocycles. The number of H-pyrrole nitrogens is 1. The van der Waals surface area contributed by atoms with Gasteiger partial charge >= 0.3 is 0 Å². The molecule has 0 radical (unpaired) electrons. The molecule has 1 aliphatic heterocycles. The van der Waals surface area contributed by atoms with Crippen molar-refractivity contribution < 1.29 is 0 Å². The Hall–Kier alpha value is -2.74. The summed E-state index contributed by atoms with van der Waals surface area (Å²) in [7, 11) is 0. The fraction of sp³-hybridized carbons (Fsp3) is 0.412. The number of aromatic nitrogens is 5. The van der Waals surface area contributed by atoms with E-state index in [-0.39, 0.29) is 5.95 Å². The van der Waals surface area contributed by atoms with Gasteiger partial charge in [-0.25, -0.2) is 4.98 Å². The molecular formula is C17H22N8. The molecule has 0 spiro atoms. The Bertz CT molecular complexity index is 895. The van der Waals surface area contributed by atoms with Crippen LogP contribution in [0.4, 0.5) is 11.8 Å². The summed E-state index contributed by atoms with van der Waals surface area (Å²) in [4.78, 5) is 23.0. The minimum Gasteiger partial charge on any atom is -0.382 e. The van der Waals surface area contributed by atoms with E-state index in [0.29, 0.717) is 22.9 Å². The van der Waals surface area contributed by atoms with Crippen LogP contribution in [0.2, 0.25) is 0 Å². The van der Waals surface area contributed by atoms with Gasteiger partial charge in [-0.05, 0) is 44.5 Å². The maximum absolute atomic E-state index is 5.90. The van der Waals surface area contributed by atoms with Crippen molar-refractivity contribution in [2.45, 2.75) is 32.2 Å². The van der Waals surface area contributed by atoms with Gasteiger partial charge in [0.2, 0.25) is 5.95 Å². The fourth-order valence-corrected chi connectivity index (χ4v) is 3.41. The number of pyridine rings is 1. The van der Waals surface area contributed by atoms with Gasteiger partial charge in [0.25, 0.3) is 0 Å². The highest BCUT2D eigenvalue weighted by molar-refractivity contribution is 5.82. The lowest BCUT2D eigenvalue weighted by atomic mass is 9.96. The zero-order valence-corrected chi connectivity index (χ0v) is 14.2. The van der Waals surface area contributed by atoms with Crippen molar-refractivity contribution in [3.05, 3.63) is 35.4 Å². The molecule has 25 heavy (non-hydrogen) atoms. The van der Waals surface area contributed by atoms with Crippen LogP contribution >= 0.6 is 0 Å². The number of nitrogen functional groups attached to an aromatic ring is 2. The summed E-state index contributed by atoms with van der Waals surface area (Å²) >= 11 is 0. The van der Waals surface area contributed by atoms with Gasteiger partial charge in [0, 0.05) is 18.7 Å².